The van der Waals surface area contributed by atoms with Gasteiger partial charge >= 0.3 is 6.18 Å². The van der Waals surface area contributed by atoms with Gasteiger partial charge in [0.1, 0.15) is 5.69 Å². The molecule has 0 aliphatic carbocycles. The lowest BCUT2D eigenvalue weighted by Gasteiger charge is -2.11. The summed E-state index contributed by atoms with van der Waals surface area (Å²) in [5.41, 5.74) is 2.04. The fraction of sp³-hybridized carbons (Fsp3) is 0.222. The summed E-state index contributed by atoms with van der Waals surface area (Å²) in [6.45, 7) is 3.86. The van der Waals surface area contributed by atoms with E-state index in [4.69, 9.17) is 16.1 Å². The Labute approximate surface area is 151 Å². The van der Waals surface area contributed by atoms with Crippen LogP contribution < -0.4 is 5.32 Å². The zero-order chi connectivity index (χ0) is 19.1. The Morgan fingerprint density at radius 1 is 1.19 bits per heavy atom. The van der Waals surface area contributed by atoms with Crippen molar-refractivity contribution in [2.24, 2.45) is 0 Å². The number of hydrogen-bond acceptors (Lipinski definition) is 3. The number of aryl methyl sites for hydroxylation is 2. The van der Waals surface area contributed by atoms with Crippen molar-refractivity contribution in [3.05, 3.63) is 57.7 Å². The summed E-state index contributed by atoms with van der Waals surface area (Å²) < 4.78 is 43.9. The molecule has 4 nitrogen and oxygen atoms in total. The number of anilines is 1. The number of rotatable bonds is 3. The number of nitrogens with one attached hydrogen (secondary N) is 1. The van der Waals surface area contributed by atoms with Gasteiger partial charge in [0.15, 0.2) is 5.58 Å². The Bertz CT molecular complexity index is 996. The Kier molecular flexibility index (Phi) is 4.66. The number of halogens is 4. The summed E-state index contributed by atoms with van der Waals surface area (Å²) in [7, 11) is 0. The molecule has 26 heavy (non-hydrogen) atoms. The van der Waals surface area contributed by atoms with Crippen molar-refractivity contribution >= 4 is 34.2 Å². The smallest absolute Gasteiger partial charge is 0.356 e. The lowest BCUT2D eigenvalue weighted by molar-refractivity contribution is -0.137. The SMILES string of the molecule is Cc1cc2onc(CC(=O)Nc3ccc(Cl)c(C(F)(F)F)c3)c2cc1C. The number of amides is 1. The van der Waals surface area contributed by atoms with Gasteiger partial charge in [-0.05, 0) is 55.3 Å². The Hall–Kier alpha value is -2.54. The van der Waals surface area contributed by atoms with E-state index in [-0.39, 0.29) is 12.1 Å². The van der Waals surface area contributed by atoms with Gasteiger partial charge in [-0.1, -0.05) is 16.8 Å². The molecule has 0 saturated carbocycles. The van der Waals surface area contributed by atoms with Gasteiger partial charge in [0.25, 0.3) is 0 Å². The molecular weight excluding hydrogens is 369 g/mol. The predicted molar refractivity (Wildman–Crippen MR) is 92.3 cm³/mol. The zero-order valence-electron chi connectivity index (χ0n) is 13.9. The van der Waals surface area contributed by atoms with Crippen LogP contribution >= 0.6 is 11.6 Å². The average Bonchev–Trinajstić information content (AvgIpc) is 2.90. The molecule has 2 aromatic carbocycles. The van der Waals surface area contributed by atoms with Crippen molar-refractivity contribution < 1.29 is 22.5 Å². The van der Waals surface area contributed by atoms with E-state index < -0.39 is 22.7 Å². The Morgan fingerprint density at radius 2 is 1.88 bits per heavy atom. The van der Waals surface area contributed by atoms with Gasteiger partial charge in [0.05, 0.1) is 17.0 Å². The van der Waals surface area contributed by atoms with Crippen LogP contribution in [0, 0.1) is 13.8 Å². The molecule has 0 radical (unpaired) electrons. The van der Waals surface area contributed by atoms with Gasteiger partial charge in [0.2, 0.25) is 5.91 Å². The van der Waals surface area contributed by atoms with E-state index in [2.05, 4.69) is 10.5 Å². The lowest BCUT2D eigenvalue weighted by atomic mass is 10.1. The molecule has 1 heterocycles. The van der Waals surface area contributed by atoms with E-state index in [1.165, 1.54) is 6.07 Å². The lowest BCUT2D eigenvalue weighted by Crippen LogP contribution is -2.15. The number of hydrogen-bond donors (Lipinski definition) is 1. The van der Waals surface area contributed by atoms with E-state index in [1.54, 1.807) is 0 Å². The summed E-state index contributed by atoms with van der Waals surface area (Å²) in [6, 6.07) is 6.90. The first kappa shape index (κ1) is 18.3. The van der Waals surface area contributed by atoms with Crippen molar-refractivity contribution in [2.45, 2.75) is 26.4 Å². The summed E-state index contributed by atoms with van der Waals surface area (Å²) in [5, 5.41) is 6.60. The fourth-order valence-corrected chi connectivity index (χ4v) is 2.77. The molecule has 3 rings (SSSR count). The molecule has 0 aliphatic heterocycles. The normalized spacial score (nSPS) is 11.8. The number of fused-ring (bicyclic) bond motifs is 1. The maximum absolute atomic E-state index is 12.9. The summed E-state index contributed by atoms with van der Waals surface area (Å²) in [6.07, 6.45) is -4.73. The predicted octanol–water partition coefficient (Wildman–Crippen LogP) is 5.30. The number of alkyl halides is 3. The highest BCUT2D eigenvalue weighted by molar-refractivity contribution is 6.31. The number of nitrogens with zero attached hydrogens (tertiary/aromatic N) is 1. The maximum Gasteiger partial charge on any atom is 0.417 e. The molecule has 0 bridgehead atoms. The van der Waals surface area contributed by atoms with Crippen molar-refractivity contribution in [1.29, 1.82) is 0 Å². The monoisotopic (exact) mass is 382 g/mol. The van der Waals surface area contributed by atoms with Crippen LogP contribution in [0.1, 0.15) is 22.4 Å². The van der Waals surface area contributed by atoms with Gasteiger partial charge in [-0.15, -0.1) is 0 Å². The Morgan fingerprint density at radius 3 is 2.58 bits per heavy atom. The molecule has 1 amide bonds. The van der Waals surface area contributed by atoms with Crippen LogP contribution in [-0.2, 0) is 17.4 Å². The van der Waals surface area contributed by atoms with Crippen molar-refractivity contribution in [1.82, 2.24) is 5.16 Å². The molecule has 1 aromatic heterocycles. The van der Waals surface area contributed by atoms with E-state index in [9.17, 15) is 18.0 Å². The number of carbonyl (C=O) groups is 1. The largest absolute Gasteiger partial charge is 0.417 e. The molecule has 8 heteroatoms. The highest BCUT2D eigenvalue weighted by Gasteiger charge is 2.33. The minimum atomic E-state index is -4.60. The third kappa shape index (κ3) is 3.67. The second-order valence-corrected chi connectivity index (χ2v) is 6.39. The Balaban J connectivity index is 1.81. The third-order valence-corrected chi connectivity index (χ3v) is 4.37. The van der Waals surface area contributed by atoms with Gasteiger partial charge < -0.3 is 9.84 Å². The quantitative estimate of drug-likeness (QED) is 0.669. The van der Waals surface area contributed by atoms with Gasteiger partial charge in [-0.25, -0.2) is 0 Å². The van der Waals surface area contributed by atoms with E-state index in [1.807, 2.05) is 26.0 Å². The number of carbonyl (C=O) groups excluding carboxylic acids is 1. The molecule has 1 N–H and O–H groups in total. The van der Waals surface area contributed by atoms with Crippen LogP contribution in [0.25, 0.3) is 11.0 Å². The van der Waals surface area contributed by atoms with Gasteiger partial charge in [0, 0.05) is 11.1 Å². The molecule has 0 saturated heterocycles. The van der Waals surface area contributed by atoms with E-state index in [0.29, 0.717) is 16.7 Å². The first-order valence-electron chi connectivity index (χ1n) is 7.67. The summed E-state index contributed by atoms with van der Waals surface area (Å²) in [5.74, 6) is -0.506. The zero-order valence-corrected chi connectivity index (χ0v) is 14.6. The minimum absolute atomic E-state index is 0.00607. The average molecular weight is 383 g/mol. The van der Waals surface area contributed by atoms with E-state index in [0.717, 1.165) is 23.3 Å². The van der Waals surface area contributed by atoms with Crippen LogP contribution in [0.2, 0.25) is 5.02 Å². The molecule has 0 aliphatic rings. The molecule has 0 fully saturated rings. The van der Waals surface area contributed by atoms with Gasteiger partial charge in [-0.2, -0.15) is 13.2 Å². The number of benzene rings is 2. The fourth-order valence-electron chi connectivity index (χ4n) is 2.55. The summed E-state index contributed by atoms with van der Waals surface area (Å²) >= 11 is 5.57. The molecule has 0 unspecified atom stereocenters. The standard InChI is InChI=1S/C18H14ClF3N2O2/c1-9-5-12-15(24-26-16(12)6-10(9)2)8-17(25)23-11-3-4-14(19)13(7-11)18(20,21)22/h3-7H,8H2,1-2H3,(H,23,25). The minimum Gasteiger partial charge on any atom is -0.356 e. The van der Waals surface area contributed by atoms with Crippen molar-refractivity contribution in [3.63, 3.8) is 0 Å². The maximum atomic E-state index is 12.9. The van der Waals surface area contributed by atoms with Crippen LogP contribution in [0.4, 0.5) is 18.9 Å². The van der Waals surface area contributed by atoms with Gasteiger partial charge in [-0.3, -0.25) is 4.79 Å². The second kappa shape index (κ2) is 6.64. The summed E-state index contributed by atoms with van der Waals surface area (Å²) in [4.78, 5) is 12.2. The molecule has 0 atom stereocenters. The highest BCUT2D eigenvalue weighted by atomic mass is 35.5. The number of aromatic nitrogens is 1. The topological polar surface area (TPSA) is 55.1 Å². The van der Waals surface area contributed by atoms with Crippen molar-refractivity contribution in [3.8, 4) is 0 Å². The first-order chi connectivity index (χ1) is 12.1. The van der Waals surface area contributed by atoms with Crippen LogP contribution in [0.3, 0.4) is 0 Å². The molecule has 3 aromatic rings. The van der Waals surface area contributed by atoms with Crippen LogP contribution in [0.15, 0.2) is 34.9 Å². The highest BCUT2D eigenvalue weighted by Crippen LogP contribution is 2.36. The third-order valence-electron chi connectivity index (χ3n) is 4.04. The molecule has 136 valence electrons. The van der Waals surface area contributed by atoms with Crippen LogP contribution in [-0.4, -0.2) is 11.1 Å². The van der Waals surface area contributed by atoms with E-state index >= 15 is 0 Å². The van der Waals surface area contributed by atoms with Crippen LogP contribution in [0.5, 0.6) is 0 Å². The molecular formula is C18H14ClF3N2O2. The van der Waals surface area contributed by atoms with Crippen molar-refractivity contribution in [2.75, 3.05) is 5.32 Å². The molecule has 0 spiro atoms. The second-order valence-electron chi connectivity index (χ2n) is 5.98. The first-order valence-corrected chi connectivity index (χ1v) is 8.05.